The molecule has 0 heterocycles. The second kappa shape index (κ2) is 7.09. The Morgan fingerprint density at radius 1 is 1.21 bits per heavy atom. The molecule has 0 radical (unpaired) electrons. The molecule has 0 unspecified atom stereocenters. The van der Waals surface area contributed by atoms with Gasteiger partial charge in [-0.05, 0) is 30.9 Å². The minimum Gasteiger partial charge on any atom is -0.391 e. The first kappa shape index (κ1) is 17.0. The molecule has 2 rings (SSSR count). The summed E-state index contributed by atoms with van der Waals surface area (Å²) in [5, 5.41) is 10.4. The van der Waals surface area contributed by atoms with E-state index in [0.29, 0.717) is 0 Å². The Hall–Kier alpha value is -0.0600. The predicted octanol–water partition coefficient (Wildman–Crippen LogP) is 4.11. The van der Waals surface area contributed by atoms with E-state index in [1.807, 2.05) is 0 Å². The molecular weight excluding hydrogens is 312 g/mol. The van der Waals surface area contributed by atoms with Gasteiger partial charge in [0.05, 0.1) is 17.2 Å². The van der Waals surface area contributed by atoms with Crippen LogP contribution in [0, 0.1) is 11.7 Å². The van der Waals surface area contributed by atoms with Gasteiger partial charge in [0, 0.05) is 10.6 Å². The van der Waals surface area contributed by atoms with Gasteiger partial charge < -0.3 is 10.8 Å². The summed E-state index contributed by atoms with van der Waals surface area (Å²) in [5.74, 6) is -0.511. The van der Waals surface area contributed by atoms with Crippen molar-refractivity contribution in [2.24, 2.45) is 11.7 Å². The average molecular weight is 329 g/mol. The topological polar surface area (TPSA) is 46.2 Å². The molecule has 3 N–H and O–H groups in total. The molecule has 1 saturated carbocycles. The maximum absolute atomic E-state index is 14.0. The third kappa shape index (κ3) is 3.53. The molecule has 0 aromatic heterocycles. The van der Waals surface area contributed by atoms with E-state index in [9.17, 15) is 9.50 Å². The quantitative estimate of drug-likeness (QED) is 0.820. The Labute approximate surface area is 128 Å². The van der Waals surface area contributed by atoms with Gasteiger partial charge in [0.25, 0.3) is 0 Å². The van der Waals surface area contributed by atoms with Crippen LogP contribution in [0.5, 0.6) is 0 Å². The third-order valence-corrected chi connectivity index (χ3v) is 4.29. The van der Waals surface area contributed by atoms with E-state index < -0.39 is 18.0 Å². The van der Waals surface area contributed by atoms with E-state index >= 15 is 0 Å². The first-order chi connectivity index (χ1) is 8.52. The Kier molecular flexibility index (Phi) is 6.34. The number of hydrogen-bond acceptors (Lipinski definition) is 2. The number of aliphatic hydroxyl groups excluding tert-OH is 1. The summed E-state index contributed by atoms with van der Waals surface area (Å²) in [4.78, 5) is 0. The van der Waals surface area contributed by atoms with E-state index in [2.05, 4.69) is 0 Å². The van der Waals surface area contributed by atoms with Crippen molar-refractivity contribution in [1.82, 2.24) is 0 Å². The lowest BCUT2D eigenvalue weighted by atomic mass is 9.90. The second-order valence-corrected chi connectivity index (χ2v) is 5.63. The van der Waals surface area contributed by atoms with Crippen LogP contribution in [0.1, 0.15) is 37.3 Å². The van der Waals surface area contributed by atoms with Crippen molar-refractivity contribution in [1.29, 1.82) is 0 Å². The summed E-state index contributed by atoms with van der Waals surface area (Å²) in [6, 6.07) is 2.06. The van der Waals surface area contributed by atoms with Crippen molar-refractivity contribution in [3.8, 4) is 0 Å². The molecule has 0 amide bonds. The van der Waals surface area contributed by atoms with Gasteiger partial charge in [-0.2, -0.15) is 0 Å². The number of aliphatic hydroxyl groups is 1. The zero-order valence-corrected chi connectivity index (χ0v) is 12.6. The molecule has 1 aromatic carbocycles. The van der Waals surface area contributed by atoms with Crippen LogP contribution < -0.4 is 5.73 Å². The lowest BCUT2D eigenvalue weighted by Gasteiger charge is -2.25. The molecule has 1 aliphatic rings. The Morgan fingerprint density at radius 3 is 2.32 bits per heavy atom. The van der Waals surface area contributed by atoms with Crippen LogP contribution in [0.25, 0.3) is 0 Å². The Morgan fingerprint density at radius 2 is 1.74 bits per heavy atom. The molecule has 0 spiro atoms. The lowest BCUT2D eigenvalue weighted by Crippen LogP contribution is -2.32. The van der Waals surface area contributed by atoms with Crippen LogP contribution in [0.2, 0.25) is 10.0 Å². The first-order valence-electron chi connectivity index (χ1n) is 6.09. The van der Waals surface area contributed by atoms with Gasteiger partial charge in [-0.1, -0.05) is 36.0 Å². The maximum Gasteiger partial charge on any atom is 0.148 e. The minimum absolute atomic E-state index is 0. The van der Waals surface area contributed by atoms with Crippen LogP contribution >= 0.6 is 35.6 Å². The van der Waals surface area contributed by atoms with Crippen molar-refractivity contribution in [2.75, 3.05) is 0 Å². The van der Waals surface area contributed by atoms with Crippen LogP contribution in [0.3, 0.4) is 0 Å². The molecule has 0 bridgehead atoms. The summed E-state index contributed by atoms with van der Waals surface area (Å²) in [7, 11) is 0. The van der Waals surface area contributed by atoms with E-state index in [-0.39, 0.29) is 33.9 Å². The smallest absolute Gasteiger partial charge is 0.148 e. The van der Waals surface area contributed by atoms with Crippen molar-refractivity contribution in [3.05, 3.63) is 33.6 Å². The molecule has 6 heteroatoms. The highest BCUT2D eigenvalue weighted by Crippen LogP contribution is 2.36. The fourth-order valence-corrected chi connectivity index (χ4v) is 3.05. The van der Waals surface area contributed by atoms with Crippen LogP contribution in [-0.4, -0.2) is 11.2 Å². The van der Waals surface area contributed by atoms with Crippen molar-refractivity contribution < 1.29 is 9.50 Å². The summed E-state index contributed by atoms with van der Waals surface area (Å²) in [6.45, 7) is 0. The molecule has 2 nitrogen and oxygen atoms in total. The maximum atomic E-state index is 14.0. The minimum atomic E-state index is -0.834. The SMILES string of the molecule is Cl.N[C@H](c1c(Cl)ccc(Cl)c1F)[C@@H](O)C1CCCC1. The van der Waals surface area contributed by atoms with E-state index in [1.54, 1.807) is 0 Å². The Balaban J connectivity index is 0.00000180. The fourth-order valence-electron chi connectivity index (χ4n) is 2.61. The zero-order valence-electron chi connectivity index (χ0n) is 10.3. The number of benzene rings is 1. The van der Waals surface area contributed by atoms with Crippen molar-refractivity contribution in [3.63, 3.8) is 0 Å². The standard InChI is InChI=1S/C13H16Cl2FNO.ClH/c14-8-5-6-9(15)11(16)10(8)12(17)13(18)7-3-1-2-4-7;/h5-7,12-13,18H,1-4,17H2;1H/t12-,13+;/m1./s1. The van der Waals surface area contributed by atoms with Crippen LogP contribution in [-0.2, 0) is 0 Å². The molecule has 0 aliphatic heterocycles. The molecule has 2 atom stereocenters. The van der Waals surface area contributed by atoms with E-state index in [4.69, 9.17) is 28.9 Å². The molecule has 19 heavy (non-hydrogen) atoms. The second-order valence-electron chi connectivity index (χ2n) is 4.82. The van der Waals surface area contributed by atoms with Gasteiger partial charge in [-0.15, -0.1) is 12.4 Å². The monoisotopic (exact) mass is 327 g/mol. The van der Waals surface area contributed by atoms with Gasteiger partial charge in [-0.25, -0.2) is 4.39 Å². The van der Waals surface area contributed by atoms with Gasteiger partial charge in [-0.3, -0.25) is 0 Å². The molecule has 1 aromatic rings. The zero-order chi connectivity index (χ0) is 13.3. The lowest BCUT2D eigenvalue weighted by molar-refractivity contribution is 0.0833. The van der Waals surface area contributed by atoms with Crippen molar-refractivity contribution >= 4 is 35.6 Å². The highest BCUT2D eigenvalue weighted by atomic mass is 35.5. The average Bonchev–Trinajstić information content (AvgIpc) is 2.87. The van der Waals surface area contributed by atoms with E-state index in [1.165, 1.54) is 12.1 Å². The van der Waals surface area contributed by atoms with Crippen LogP contribution in [0.15, 0.2) is 12.1 Å². The summed E-state index contributed by atoms with van der Waals surface area (Å²) in [5.41, 5.74) is 6.07. The molecule has 1 aliphatic carbocycles. The summed E-state index contributed by atoms with van der Waals surface area (Å²) < 4.78 is 14.0. The molecule has 0 saturated heterocycles. The van der Waals surface area contributed by atoms with Gasteiger partial charge >= 0.3 is 0 Å². The summed E-state index contributed by atoms with van der Waals surface area (Å²) >= 11 is 11.7. The van der Waals surface area contributed by atoms with Gasteiger partial charge in [0.1, 0.15) is 5.82 Å². The third-order valence-electron chi connectivity index (χ3n) is 3.66. The number of halogens is 4. The van der Waals surface area contributed by atoms with E-state index in [0.717, 1.165) is 25.7 Å². The van der Waals surface area contributed by atoms with Crippen molar-refractivity contribution in [2.45, 2.75) is 37.8 Å². The normalized spacial score (nSPS) is 19.0. The largest absolute Gasteiger partial charge is 0.391 e. The van der Waals surface area contributed by atoms with Gasteiger partial charge in [0.2, 0.25) is 0 Å². The Bertz CT molecular complexity index is 438. The number of rotatable bonds is 3. The number of nitrogens with two attached hydrogens (primary N) is 1. The molecule has 1 fully saturated rings. The molecule has 108 valence electrons. The number of hydrogen-bond donors (Lipinski definition) is 2. The highest BCUT2D eigenvalue weighted by Gasteiger charge is 2.31. The highest BCUT2D eigenvalue weighted by molar-refractivity contribution is 6.33. The molecular formula is C13H17Cl3FNO. The van der Waals surface area contributed by atoms with Gasteiger partial charge in [0.15, 0.2) is 0 Å². The van der Waals surface area contributed by atoms with Crippen LogP contribution in [0.4, 0.5) is 4.39 Å². The predicted molar refractivity (Wildman–Crippen MR) is 78.6 cm³/mol. The fraction of sp³-hybridized carbons (Fsp3) is 0.538. The first-order valence-corrected chi connectivity index (χ1v) is 6.85. The summed E-state index contributed by atoms with van der Waals surface area (Å²) in [6.07, 6.45) is 3.24.